The van der Waals surface area contributed by atoms with E-state index in [0.717, 1.165) is 0 Å². The lowest BCUT2D eigenvalue weighted by Gasteiger charge is -2.09. The smallest absolute Gasteiger partial charge is 0.262 e. The van der Waals surface area contributed by atoms with E-state index in [1.807, 2.05) is 0 Å². The maximum Gasteiger partial charge on any atom is 0.262 e. The van der Waals surface area contributed by atoms with Crippen molar-refractivity contribution in [2.45, 2.75) is 0 Å². The monoisotopic (exact) mass is 329 g/mol. The van der Waals surface area contributed by atoms with Gasteiger partial charge in [0.2, 0.25) is 0 Å². The Balaban J connectivity index is 1.92. The zero-order valence-electron chi connectivity index (χ0n) is 10.2. The van der Waals surface area contributed by atoms with Crippen LogP contribution >= 0.6 is 34.8 Å². The summed E-state index contributed by atoms with van der Waals surface area (Å²) in [5.41, 5.74) is 0.639. The van der Waals surface area contributed by atoms with Gasteiger partial charge in [-0.25, -0.2) is 0 Å². The van der Waals surface area contributed by atoms with Crippen LogP contribution in [0.2, 0.25) is 15.1 Å². The van der Waals surface area contributed by atoms with Crippen molar-refractivity contribution < 1.29 is 9.53 Å². The number of ether oxygens (including phenoxy) is 1. The molecule has 6 heteroatoms. The first-order valence-electron chi connectivity index (χ1n) is 5.68. The Morgan fingerprint density at radius 1 is 1.00 bits per heavy atom. The second-order valence-corrected chi connectivity index (χ2v) is 5.20. The maximum atomic E-state index is 11.7. The Hall–Kier alpha value is -1.42. The molecule has 2 aromatic rings. The van der Waals surface area contributed by atoms with E-state index in [1.54, 1.807) is 42.5 Å². The third kappa shape index (κ3) is 4.30. The van der Waals surface area contributed by atoms with E-state index in [-0.39, 0.29) is 12.5 Å². The highest BCUT2D eigenvalue weighted by Gasteiger charge is 2.07. The number of carbonyl (C=O) groups excluding carboxylic acids is 1. The van der Waals surface area contributed by atoms with Crippen molar-refractivity contribution in [2.24, 2.45) is 0 Å². The predicted molar refractivity (Wildman–Crippen MR) is 82.0 cm³/mol. The Bertz CT molecular complexity index is 614. The van der Waals surface area contributed by atoms with Crippen LogP contribution in [0.1, 0.15) is 0 Å². The van der Waals surface area contributed by atoms with Crippen molar-refractivity contribution in [3.63, 3.8) is 0 Å². The number of nitrogens with one attached hydrogen (secondary N) is 1. The van der Waals surface area contributed by atoms with Crippen LogP contribution in [-0.4, -0.2) is 12.5 Å². The third-order valence-corrected chi connectivity index (χ3v) is 3.18. The van der Waals surface area contributed by atoms with Gasteiger partial charge in [0.05, 0.1) is 5.02 Å². The van der Waals surface area contributed by atoms with Crippen LogP contribution in [0.3, 0.4) is 0 Å². The van der Waals surface area contributed by atoms with Crippen molar-refractivity contribution in [2.75, 3.05) is 11.9 Å². The molecular formula is C14H10Cl3NO2. The predicted octanol–water partition coefficient (Wildman–Crippen LogP) is 4.66. The van der Waals surface area contributed by atoms with E-state index in [0.29, 0.717) is 26.5 Å². The van der Waals surface area contributed by atoms with Gasteiger partial charge in [0.1, 0.15) is 5.75 Å². The van der Waals surface area contributed by atoms with E-state index in [2.05, 4.69) is 5.32 Å². The quantitative estimate of drug-likeness (QED) is 0.885. The fraction of sp³-hybridized carbons (Fsp3) is 0.0714. The first-order chi connectivity index (χ1) is 9.54. The standard InChI is InChI=1S/C14H10Cl3NO2/c15-9-1-4-11(5-2-9)18-14(19)8-20-13-7-10(16)3-6-12(13)17/h1-7H,8H2,(H,18,19). The number of hydrogen-bond donors (Lipinski definition) is 1. The number of hydrogen-bond acceptors (Lipinski definition) is 2. The summed E-state index contributed by atoms with van der Waals surface area (Å²) in [7, 11) is 0. The van der Waals surface area contributed by atoms with Crippen LogP contribution in [-0.2, 0) is 4.79 Å². The van der Waals surface area contributed by atoms with Crippen LogP contribution in [0.5, 0.6) is 5.75 Å². The highest BCUT2D eigenvalue weighted by molar-refractivity contribution is 6.34. The minimum absolute atomic E-state index is 0.164. The molecule has 0 aliphatic rings. The van der Waals surface area contributed by atoms with Crippen molar-refractivity contribution in [3.05, 3.63) is 57.5 Å². The summed E-state index contributed by atoms with van der Waals surface area (Å²) in [6.07, 6.45) is 0. The second kappa shape index (κ2) is 6.84. The topological polar surface area (TPSA) is 38.3 Å². The van der Waals surface area contributed by atoms with Gasteiger partial charge in [0.15, 0.2) is 6.61 Å². The number of amides is 1. The Morgan fingerprint density at radius 2 is 1.65 bits per heavy atom. The lowest BCUT2D eigenvalue weighted by Crippen LogP contribution is -2.20. The van der Waals surface area contributed by atoms with E-state index < -0.39 is 0 Å². The molecule has 0 spiro atoms. The first-order valence-corrected chi connectivity index (χ1v) is 6.81. The SMILES string of the molecule is O=C(COc1cc(Cl)ccc1Cl)Nc1ccc(Cl)cc1. The summed E-state index contributed by atoms with van der Waals surface area (Å²) < 4.78 is 5.32. The van der Waals surface area contributed by atoms with Crippen LogP contribution in [0, 0.1) is 0 Å². The molecule has 1 N–H and O–H groups in total. The third-order valence-electron chi connectivity index (χ3n) is 2.38. The van der Waals surface area contributed by atoms with Crippen molar-refractivity contribution in [1.82, 2.24) is 0 Å². The van der Waals surface area contributed by atoms with Gasteiger partial charge in [-0.15, -0.1) is 0 Å². The van der Waals surface area contributed by atoms with Gasteiger partial charge >= 0.3 is 0 Å². The summed E-state index contributed by atoms with van der Waals surface area (Å²) >= 11 is 17.5. The largest absolute Gasteiger partial charge is 0.482 e. The lowest BCUT2D eigenvalue weighted by atomic mass is 10.3. The van der Waals surface area contributed by atoms with E-state index >= 15 is 0 Å². The van der Waals surface area contributed by atoms with Gasteiger partial charge in [-0.05, 0) is 36.4 Å². The van der Waals surface area contributed by atoms with Gasteiger partial charge in [-0.1, -0.05) is 34.8 Å². The highest BCUT2D eigenvalue weighted by Crippen LogP contribution is 2.27. The number of halogens is 3. The summed E-state index contributed by atoms with van der Waals surface area (Å²) in [6.45, 7) is -0.164. The average Bonchev–Trinajstić information content (AvgIpc) is 2.42. The lowest BCUT2D eigenvalue weighted by molar-refractivity contribution is -0.118. The molecule has 104 valence electrons. The molecule has 0 atom stereocenters. The molecule has 0 radical (unpaired) electrons. The Kier molecular flexibility index (Phi) is 5.12. The molecule has 2 aromatic carbocycles. The minimum atomic E-state index is -0.302. The molecule has 0 unspecified atom stereocenters. The molecule has 0 aromatic heterocycles. The molecule has 0 fully saturated rings. The Labute approximate surface area is 131 Å². The molecular weight excluding hydrogens is 321 g/mol. The number of carbonyl (C=O) groups is 1. The zero-order chi connectivity index (χ0) is 14.5. The van der Waals surface area contributed by atoms with Crippen LogP contribution in [0.15, 0.2) is 42.5 Å². The van der Waals surface area contributed by atoms with Crippen molar-refractivity contribution >= 4 is 46.4 Å². The van der Waals surface area contributed by atoms with Crippen molar-refractivity contribution in [1.29, 1.82) is 0 Å². The first kappa shape index (κ1) is 15.0. The molecule has 0 aliphatic carbocycles. The fourth-order valence-corrected chi connectivity index (χ4v) is 1.92. The van der Waals surface area contributed by atoms with E-state index in [1.165, 1.54) is 0 Å². The number of anilines is 1. The van der Waals surface area contributed by atoms with E-state index in [4.69, 9.17) is 39.5 Å². The summed E-state index contributed by atoms with van der Waals surface area (Å²) in [4.78, 5) is 11.7. The molecule has 20 heavy (non-hydrogen) atoms. The molecule has 0 aliphatic heterocycles. The summed E-state index contributed by atoms with van der Waals surface area (Å²) in [5.74, 6) is 0.0637. The Morgan fingerprint density at radius 3 is 2.35 bits per heavy atom. The zero-order valence-corrected chi connectivity index (χ0v) is 12.5. The molecule has 0 saturated carbocycles. The molecule has 3 nitrogen and oxygen atoms in total. The molecule has 0 heterocycles. The van der Waals surface area contributed by atoms with Crippen molar-refractivity contribution in [3.8, 4) is 5.75 Å². The molecule has 1 amide bonds. The van der Waals surface area contributed by atoms with Crippen LogP contribution in [0.25, 0.3) is 0 Å². The van der Waals surface area contributed by atoms with Crippen LogP contribution < -0.4 is 10.1 Å². The molecule has 2 rings (SSSR count). The molecule has 0 saturated heterocycles. The normalized spacial score (nSPS) is 10.2. The van der Waals surface area contributed by atoms with Crippen LogP contribution in [0.4, 0.5) is 5.69 Å². The van der Waals surface area contributed by atoms with Gasteiger partial charge in [-0.2, -0.15) is 0 Å². The van der Waals surface area contributed by atoms with E-state index in [9.17, 15) is 4.79 Å². The summed E-state index contributed by atoms with van der Waals surface area (Å²) in [5, 5.41) is 4.16. The fourth-order valence-electron chi connectivity index (χ4n) is 1.46. The van der Waals surface area contributed by atoms with Gasteiger partial charge in [0, 0.05) is 21.8 Å². The van der Waals surface area contributed by atoms with Gasteiger partial charge < -0.3 is 10.1 Å². The van der Waals surface area contributed by atoms with Gasteiger partial charge in [0.25, 0.3) is 5.91 Å². The maximum absolute atomic E-state index is 11.7. The average molecular weight is 331 g/mol. The highest BCUT2D eigenvalue weighted by atomic mass is 35.5. The number of benzene rings is 2. The minimum Gasteiger partial charge on any atom is -0.482 e. The molecule has 0 bridgehead atoms. The summed E-state index contributed by atoms with van der Waals surface area (Å²) in [6, 6.07) is 11.6. The van der Waals surface area contributed by atoms with Gasteiger partial charge in [-0.3, -0.25) is 4.79 Å². The second-order valence-electron chi connectivity index (χ2n) is 3.92. The number of rotatable bonds is 4.